The third-order valence-corrected chi connectivity index (χ3v) is 3.00. The quantitative estimate of drug-likeness (QED) is 0.795. The molecule has 0 spiro atoms. The van der Waals surface area contributed by atoms with Crippen molar-refractivity contribution in [2.75, 3.05) is 0 Å². The molecular formula is C13H19N5O. The lowest BCUT2D eigenvalue weighted by molar-refractivity contribution is -0.122. The predicted molar refractivity (Wildman–Crippen MR) is 71.2 cm³/mol. The van der Waals surface area contributed by atoms with Crippen LogP contribution in [0.1, 0.15) is 38.1 Å². The van der Waals surface area contributed by atoms with Crippen molar-refractivity contribution in [3.8, 4) is 0 Å². The topological polar surface area (TPSA) is 75.6 Å². The molecule has 19 heavy (non-hydrogen) atoms. The van der Waals surface area contributed by atoms with E-state index in [-0.39, 0.29) is 11.9 Å². The molecule has 0 aromatic carbocycles. The molecule has 0 aliphatic carbocycles. The van der Waals surface area contributed by atoms with Crippen LogP contribution in [0.25, 0.3) is 0 Å². The molecule has 0 bridgehead atoms. The van der Waals surface area contributed by atoms with Crippen LogP contribution in [0, 0.1) is 0 Å². The van der Waals surface area contributed by atoms with Crippen LogP contribution in [0.5, 0.6) is 0 Å². The molecule has 6 heteroatoms. The number of aromatic nitrogens is 4. The number of carbonyl (C=O) groups is 1. The third kappa shape index (κ3) is 3.94. The average molecular weight is 261 g/mol. The molecule has 2 heterocycles. The van der Waals surface area contributed by atoms with Gasteiger partial charge in [-0.15, -0.1) is 0 Å². The number of hydrogen-bond donors (Lipinski definition) is 2. The second kappa shape index (κ2) is 6.72. The maximum absolute atomic E-state index is 11.9. The highest BCUT2D eigenvalue weighted by Crippen LogP contribution is 2.17. The SMILES string of the molecule is CCCC(CC(=O)NCc1ncc[nH]1)n1ccnc1. The molecule has 1 atom stereocenters. The predicted octanol–water partition coefficient (Wildman–Crippen LogP) is 1.65. The summed E-state index contributed by atoms with van der Waals surface area (Å²) in [6.45, 7) is 2.55. The van der Waals surface area contributed by atoms with Crippen molar-refractivity contribution < 1.29 is 4.79 Å². The summed E-state index contributed by atoms with van der Waals surface area (Å²) in [6.07, 6.45) is 11.3. The zero-order valence-electron chi connectivity index (χ0n) is 11.0. The highest BCUT2D eigenvalue weighted by atomic mass is 16.1. The molecule has 2 aromatic heterocycles. The van der Waals surface area contributed by atoms with Crippen molar-refractivity contribution in [1.29, 1.82) is 0 Å². The second-order valence-electron chi connectivity index (χ2n) is 4.47. The van der Waals surface area contributed by atoms with E-state index < -0.39 is 0 Å². The molecule has 0 saturated carbocycles. The lowest BCUT2D eigenvalue weighted by atomic mass is 10.1. The number of nitrogens with zero attached hydrogens (tertiary/aromatic N) is 3. The van der Waals surface area contributed by atoms with Gasteiger partial charge in [0.2, 0.25) is 5.91 Å². The maximum Gasteiger partial charge on any atom is 0.222 e. The van der Waals surface area contributed by atoms with E-state index in [0.717, 1.165) is 18.7 Å². The number of imidazole rings is 2. The molecule has 2 rings (SSSR count). The summed E-state index contributed by atoms with van der Waals surface area (Å²) in [6, 6.07) is 0.170. The average Bonchev–Trinajstić information content (AvgIpc) is 3.09. The zero-order chi connectivity index (χ0) is 13.5. The van der Waals surface area contributed by atoms with Gasteiger partial charge in [0.15, 0.2) is 0 Å². The van der Waals surface area contributed by atoms with Gasteiger partial charge >= 0.3 is 0 Å². The van der Waals surface area contributed by atoms with E-state index in [4.69, 9.17) is 0 Å². The summed E-state index contributed by atoms with van der Waals surface area (Å²) in [5, 5.41) is 2.87. The number of aromatic amines is 1. The fourth-order valence-electron chi connectivity index (χ4n) is 2.04. The summed E-state index contributed by atoms with van der Waals surface area (Å²) in [4.78, 5) is 23.0. The van der Waals surface area contributed by atoms with Gasteiger partial charge in [0, 0.05) is 37.3 Å². The number of H-pyrrole nitrogens is 1. The van der Waals surface area contributed by atoms with Gasteiger partial charge in [-0.05, 0) is 6.42 Å². The molecule has 0 saturated heterocycles. The Hall–Kier alpha value is -2.11. The van der Waals surface area contributed by atoms with Crippen LogP contribution in [0.3, 0.4) is 0 Å². The van der Waals surface area contributed by atoms with E-state index in [1.807, 2.05) is 10.8 Å². The number of amides is 1. The van der Waals surface area contributed by atoms with Crippen LogP contribution in [-0.2, 0) is 11.3 Å². The molecule has 2 aromatic rings. The first-order valence-electron chi connectivity index (χ1n) is 6.52. The van der Waals surface area contributed by atoms with Gasteiger partial charge in [-0.25, -0.2) is 9.97 Å². The van der Waals surface area contributed by atoms with Crippen molar-refractivity contribution in [2.45, 2.75) is 38.8 Å². The number of carbonyl (C=O) groups excluding carboxylic acids is 1. The first kappa shape index (κ1) is 13.3. The van der Waals surface area contributed by atoms with E-state index in [0.29, 0.717) is 13.0 Å². The summed E-state index contributed by atoms with van der Waals surface area (Å²) in [5.74, 6) is 0.798. The zero-order valence-corrected chi connectivity index (χ0v) is 11.0. The van der Waals surface area contributed by atoms with Crippen molar-refractivity contribution >= 4 is 5.91 Å². The Labute approximate surface area is 112 Å². The Bertz CT molecular complexity index is 477. The standard InChI is InChI=1S/C13H19N5O/c1-2-3-11(18-7-6-14-10-18)8-13(19)17-9-12-15-4-5-16-12/h4-7,10-11H,2-3,8-9H2,1H3,(H,15,16)(H,17,19). The Kier molecular flexibility index (Phi) is 4.72. The van der Waals surface area contributed by atoms with Gasteiger partial charge in [-0.1, -0.05) is 13.3 Å². The highest BCUT2D eigenvalue weighted by Gasteiger charge is 2.14. The Morgan fingerprint density at radius 3 is 3.05 bits per heavy atom. The van der Waals surface area contributed by atoms with Gasteiger partial charge in [0.1, 0.15) is 5.82 Å². The van der Waals surface area contributed by atoms with Crippen LogP contribution in [0.15, 0.2) is 31.1 Å². The summed E-state index contributed by atoms with van der Waals surface area (Å²) in [7, 11) is 0. The van der Waals surface area contributed by atoms with Crippen LogP contribution in [0.2, 0.25) is 0 Å². The largest absolute Gasteiger partial charge is 0.349 e. The van der Waals surface area contributed by atoms with Crippen molar-refractivity contribution in [2.24, 2.45) is 0 Å². The summed E-state index contributed by atoms with van der Waals surface area (Å²) in [5.41, 5.74) is 0. The number of rotatable bonds is 7. The molecule has 102 valence electrons. The molecule has 0 radical (unpaired) electrons. The molecule has 0 aliphatic rings. The molecule has 0 fully saturated rings. The number of hydrogen-bond acceptors (Lipinski definition) is 3. The smallest absolute Gasteiger partial charge is 0.222 e. The normalized spacial score (nSPS) is 12.3. The number of nitrogens with one attached hydrogen (secondary N) is 2. The summed E-state index contributed by atoms with van der Waals surface area (Å²) >= 11 is 0. The maximum atomic E-state index is 11.9. The van der Waals surface area contributed by atoms with E-state index in [1.165, 1.54) is 0 Å². The van der Waals surface area contributed by atoms with E-state index in [1.54, 1.807) is 24.9 Å². The van der Waals surface area contributed by atoms with Crippen LogP contribution < -0.4 is 5.32 Å². The lowest BCUT2D eigenvalue weighted by Gasteiger charge is -2.17. The summed E-state index contributed by atoms with van der Waals surface area (Å²) < 4.78 is 2.00. The van der Waals surface area contributed by atoms with Gasteiger partial charge in [-0.3, -0.25) is 4.79 Å². The second-order valence-corrected chi connectivity index (χ2v) is 4.47. The third-order valence-electron chi connectivity index (χ3n) is 3.00. The molecule has 1 amide bonds. The fraction of sp³-hybridized carbons (Fsp3) is 0.462. The van der Waals surface area contributed by atoms with Gasteiger partial charge in [0.05, 0.1) is 12.9 Å². The first-order valence-corrected chi connectivity index (χ1v) is 6.52. The van der Waals surface area contributed by atoms with Crippen LogP contribution in [0.4, 0.5) is 0 Å². The fourth-order valence-corrected chi connectivity index (χ4v) is 2.04. The Balaban J connectivity index is 1.85. The van der Waals surface area contributed by atoms with Gasteiger partial charge < -0.3 is 14.9 Å². The van der Waals surface area contributed by atoms with Gasteiger partial charge in [-0.2, -0.15) is 0 Å². The highest BCUT2D eigenvalue weighted by molar-refractivity contribution is 5.76. The molecule has 0 aliphatic heterocycles. The minimum Gasteiger partial charge on any atom is -0.349 e. The molecule has 6 nitrogen and oxygen atoms in total. The Morgan fingerprint density at radius 2 is 2.42 bits per heavy atom. The lowest BCUT2D eigenvalue weighted by Crippen LogP contribution is -2.26. The first-order chi connectivity index (χ1) is 9.29. The molecular weight excluding hydrogens is 242 g/mol. The van der Waals surface area contributed by atoms with Crippen LogP contribution in [-0.4, -0.2) is 25.4 Å². The molecule has 1 unspecified atom stereocenters. The minimum absolute atomic E-state index is 0.0311. The van der Waals surface area contributed by atoms with Crippen molar-refractivity contribution in [1.82, 2.24) is 24.8 Å². The van der Waals surface area contributed by atoms with Crippen molar-refractivity contribution in [3.63, 3.8) is 0 Å². The van der Waals surface area contributed by atoms with E-state index >= 15 is 0 Å². The van der Waals surface area contributed by atoms with Crippen molar-refractivity contribution in [3.05, 3.63) is 36.9 Å². The molecule has 2 N–H and O–H groups in total. The van der Waals surface area contributed by atoms with E-state index in [2.05, 4.69) is 27.2 Å². The van der Waals surface area contributed by atoms with Crippen LogP contribution >= 0.6 is 0 Å². The monoisotopic (exact) mass is 261 g/mol. The Morgan fingerprint density at radius 1 is 1.53 bits per heavy atom. The minimum atomic E-state index is 0.0311. The van der Waals surface area contributed by atoms with E-state index in [9.17, 15) is 4.79 Å². The van der Waals surface area contributed by atoms with Gasteiger partial charge in [0.25, 0.3) is 0 Å².